The Bertz CT molecular complexity index is 563. The average molecular weight is 276 g/mol. The Morgan fingerprint density at radius 1 is 1.17 bits per heavy atom. The monoisotopic (exact) mass is 275 g/mol. The van der Waals surface area contributed by atoms with Gasteiger partial charge >= 0.3 is 6.18 Å². The average Bonchev–Trinajstić information content (AvgIpc) is 2.66. The van der Waals surface area contributed by atoms with Crippen molar-refractivity contribution < 1.29 is 17.6 Å². The lowest BCUT2D eigenvalue weighted by atomic mass is 10.0. The van der Waals surface area contributed by atoms with Crippen molar-refractivity contribution in [3.8, 4) is 0 Å². The molecule has 2 N–H and O–H groups in total. The first-order valence-electron chi connectivity index (χ1n) is 5.06. The van der Waals surface area contributed by atoms with Gasteiger partial charge in [-0.3, -0.25) is 0 Å². The standard InChI is InChI=1S/C12H9ClF3NO/c13-11-4-2-9(18-11)6-7-5-8(12(14,15)16)1-3-10(7)17/h1-5H,6,17H2. The molecule has 0 aliphatic carbocycles. The van der Waals surface area contributed by atoms with Crippen molar-refractivity contribution in [1.82, 2.24) is 0 Å². The molecule has 0 fully saturated rings. The summed E-state index contributed by atoms with van der Waals surface area (Å²) in [7, 11) is 0. The molecule has 96 valence electrons. The van der Waals surface area contributed by atoms with Crippen molar-refractivity contribution in [3.63, 3.8) is 0 Å². The van der Waals surface area contributed by atoms with Crippen molar-refractivity contribution >= 4 is 17.3 Å². The third kappa shape index (κ3) is 2.79. The maximum absolute atomic E-state index is 12.6. The van der Waals surface area contributed by atoms with E-state index in [0.29, 0.717) is 11.3 Å². The molecule has 0 bridgehead atoms. The van der Waals surface area contributed by atoms with Crippen LogP contribution in [-0.2, 0) is 12.6 Å². The molecule has 0 atom stereocenters. The van der Waals surface area contributed by atoms with Crippen LogP contribution in [0.1, 0.15) is 16.9 Å². The first kappa shape index (κ1) is 12.8. The van der Waals surface area contributed by atoms with E-state index >= 15 is 0 Å². The second-order valence-corrected chi connectivity index (χ2v) is 4.17. The van der Waals surface area contributed by atoms with Gasteiger partial charge in [-0.15, -0.1) is 0 Å². The SMILES string of the molecule is Nc1ccc(C(F)(F)F)cc1Cc1ccc(Cl)o1. The van der Waals surface area contributed by atoms with Gasteiger partial charge in [0.25, 0.3) is 0 Å². The fourth-order valence-electron chi connectivity index (χ4n) is 1.57. The number of rotatable bonds is 2. The van der Waals surface area contributed by atoms with Gasteiger partial charge in [-0.05, 0) is 47.5 Å². The summed E-state index contributed by atoms with van der Waals surface area (Å²) < 4.78 is 42.8. The lowest BCUT2D eigenvalue weighted by Crippen LogP contribution is -2.07. The zero-order chi connectivity index (χ0) is 13.3. The zero-order valence-electron chi connectivity index (χ0n) is 9.09. The predicted molar refractivity (Wildman–Crippen MR) is 62.4 cm³/mol. The molecule has 1 heterocycles. The largest absolute Gasteiger partial charge is 0.449 e. The highest BCUT2D eigenvalue weighted by Crippen LogP contribution is 2.32. The number of furan rings is 1. The first-order valence-corrected chi connectivity index (χ1v) is 5.44. The molecule has 0 saturated carbocycles. The Hall–Kier alpha value is -1.62. The van der Waals surface area contributed by atoms with Gasteiger partial charge in [0.2, 0.25) is 0 Å². The molecule has 0 unspecified atom stereocenters. The minimum Gasteiger partial charge on any atom is -0.449 e. The Balaban J connectivity index is 2.32. The van der Waals surface area contributed by atoms with Crippen LogP contribution in [0.3, 0.4) is 0 Å². The quantitative estimate of drug-likeness (QED) is 0.837. The van der Waals surface area contributed by atoms with Gasteiger partial charge in [0.05, 0.1) is 5.56 Å². The number of nitrogens with two attached hydrogens (primary N) is 1. The van der Waals surface area contributed by atoms with E-state index in [4.69, 9.17) is 21.8 Å². The van der Waals surface area contributed by atoms with Crippen LogP contribution < -0.4 is 5.73 Å². The number of alkyl halides is 3. The Kier molecular flexibility index (Phi) is 3.26. The summed E-state index contributed by atoms with van der Waals surface area (Å²) in [4.78, 5) is 0. The number of hydrogen-bond acceptors (Lipinski definition) is 2. The van der Waals surface area contributed by atoms with Crippen LogP contribution in [0.15, 0.2) is 34.7 Å². The zero-order valence-corrected chi connectivity index (χ0v) is 9.85. The summed E-state index contributed by atoms with van der Waals surface area (Å²) in [5, 5.41) is 0.190. The predicted octanol–water partition coefficient (Wildman–Crippen LogP) is 4.12. The molecule has 1 aromatic heterocycles. The van der Waals surface area contributed by atoms with Crippen molar-refractivity contribution in [2.24, 2.45) is 0 Å². The maximum Gasteiger partial charge on any atom is 0.416 e. The summed E-state index contributed by atoms with van der Waals surface area (Å²) in [6, 6.07) is 6.34. The molecule has 0 radical (unpaired) electrons. The summed E-state index contributed by atoms with van der Waals surface area (Å²) >= 11 is 5.59. The smallest absolute Gasteiger partial charge is 0.416 e. The van der Waals surface area contributed by atoms with Crippen molar-refractivity contribution in [2.45, 2.75) is 12.6 Å². The summed E-state index contributed by atoms with van der Waals surface area (Å²) in [6.45, 7) is 0. The van der Waals surface area contributed by atoms with E-state index in [1.165, 1.54) is 12.1 Å². The minimum absolute atomic E-state index is 0.169. The molecule has 18 heavy (non-hydrogen) atoms. The molecular weight excluding hydrogens is 267 g/mol. The summed E-state index contributed by atoms with van der Waals surface area (Å²) in [5.41, 5.74) is 5.56. The van der Waals surface area contributed by atoms with Crippen LogP contribution in [0.25, 0.3) is 0 Å². The fourth-order valence-corrected chi connectivity index (χ4v) is 1.73. The maximum atomic E-state index is 12.6. The Labute approximate surface area is 106 Å². The van der Waals surface area contributed by atoms with Gasteiger partial charge < -0.3 is 10.2 Å². The molecule has 0 amide bonds. The molecule has 2 aromatic rings. The van der Waals surface area contributed by atoms with E-state index < -0.39 is 11.7 Å². The van der Waals surface area contributed by atoms with Gasteiger partial charge in [-0.1, -0.05) is 0 Å². The van der Waals surface area contributed by atoms with Gasteiger partial charge in [-0.25, -0.2) is 0 Å². The van der Waals surface area contributed by atoms with Gasteiger partial charge in [0, 0.05) is 12.1 Å². The molecule has 6 heteroatoms. The Morgan fingerprint density at radius 3 is 2.44 bits per heavy atom. The number of benzene rings is 1. The van der Waals surface area contributed by atoms with Crippen LogP contribution in [0.2, 0.25) is 5.22 Å². The normalized spacial score (nSPS) is 11.8. The van der Waals surface area contributed by atoms with Crippen LogP contribution >= 0.6 is 11.6 Å². The van der Waals surface area contributed by atoms with Gasteiger partial charge in [0.1, 0.15) is 5.76 Å². The molecule has 1 aromatic carbocycles. The van der Waals surface area contributed by atoms with E-state index in [0.717, 1.165) is 12.1 Å². The van der Waals surface area contributed by atoms with E-state index in [1.807, 2.05) is 0 Å². The number of anilines is 1. The first-order chi connectivity index (χ1) is 8.36. The van der Waals surface area contributed by atoms with Crippen LogP contribution in [0.4, 0.5) is 18.9 Å². The highest BCUT2D eigenvalue weighted by atomic mass is 35.5. The summed E-state index contributed by atoms with van der Waals surface area (Å²) in [6.07, 6.45) is -4.22. The molecule has 0 aliphatic heterocycles. The fraction of sp³-hybridized carbons (Fsp3) is 0.167. The molecule has 0 aliphatic rings. The molecule has 2 nitrogen and oxygen atoms in total. The van der Waals surface area contributed by atoms with Gasteiger partial charge in [0.15, 0.2) is 5.22 Å². The molecular formula is C12H9ClF3NO. The van der Waals surface area contributed by atoms with E-state index in [2.05, 4.69) is 0 Å². The van der Waals surface area contributed by atoms with Crippen LogP contribution in [-0.4, -0.2) is 0 Å². The summed E-state index contributed by atoms with van der Waals surface area (Å²) in [5.74, 6) is 0.464. The highest BCUT2D eigenvalue weighted by Gasteiger charge is 2.30. The third-order valence-electron chi connectivity index (χ3n) is 2.46. The lowest BCUT2D eigenvalue weighted by Gasteiger charge is -2.10. The third-order valence-corrected chi connectivity index (χ3v) is 2.67. The highest BCUT2D eigenvalue weighted by molar-refractivity contribution is 6.28. The van der Waals surface area contributed by atoms with E-state index in [1.54, 1.807) is 6.07 Å². The topological polar surface area (TPSA) is 39.2 Å². The number of hydrogen-bond donors (Lipinski definition) is 1. The Morgan fingerprint density at radius 2 is 1.89 bits per heavy atom. The van der Waals surface area contributed by atoms with Crippen molar-refractivity contribution in [3.05, 3.63) is 52.4 Å². The van der Waals surface area contributed by atoms with E-state index in [-0.39, 0.29) is 17.3 Å². The molecule has 2 rings (SSSR count). The second kappa shape index (κ2) is 4.57. The second-order valence-electron chi connectivity index (χ2n) is 3.79. The van der Waals surface area contributed by atoms with Crippen molar-refractivity contribution in [1.29, 1.82) is 0 Å². The van der Waals surface area contributed by atoms with Crippen LogP contribution in [0.5, 0.6) is 0 Å². The van der Waals surface area contributed by atoms with Crippen molar-refractivity contribution in [2.75, 3.05) is 5.73 Å². The molecule has 0 saturated heterocycles. The lowest BCUT2D eigenvalue weighted by molar-refractivity contribution is -0.137. The number of halogens is 4. The van der Waals surface area contributed by atoms with Crippen LogP contribution in [0, 0.1) is 0 Å². The van der Waals surface area contributed by atoms with Gasteiger partial charge in [-0.2, -0.15) is 13.2 Å². The van der Waals surface area contributed by atoms with E-state index in [9.17, 15) is 13.2 Å². The number of nitrogen functional groups attached to an aromatic ring is 1. The molecule has 0 spiro atoms. The minimum atomic E-state index is -4.39.